The van der Waals surface area contributed by atoms with Crippen molar-refractivity contribution < 1.29 is 14.4 Å². The van der Waals surface area contributed by atoms with Gasteiger partial charge in [-0.1, -0.05) is 55.5 Å². The third-order valence-corrected chi connectivity index (χ3v) is 4.97. The molecule has 2 rings (SSSR count). The molecule has 0 aromatic heterocycles. The van der Waals surface area contributed by atoms with Crippen LogP contribution in [0.3, 0.4) is 0 Å². The number of hydroxylamine groups is 2. The van der Waals surface area contributed by atoms with Gasteiger partial charge in [0.2, 0.25) is 0 Å². The molecule has 0 N–H and O–H groups in total. The van der Waals surface area contributed by atoms with Crippen LogP contribution in [0, 0.1) is 0 Å². The van der Waals surface area contributed by atoms with Crippen molar-refractivity contribution in [3.05, 3.63) is 47.5 Å². The second-order valence-electron chi connectivity index (χ2n) is 8.52. The first-order valence-electron chi connectivity index (χ1n) is 8.45. The molecule has 1 aliphatic heterocycles. The molecule has 1 unspecified atom stereocenters. The van der Waals surface area contributed by atoms with Crippen molar-refractivity contribution in [3.63, 3.8) is 0 Å². The van der Waals surface area contributed by atoms with Crippen LogP contribution in [0.25, 0.3) is 0 Å². The Kier molecular flexibility index (Phi) is 5.55. The zero-order chi connectivity index (χ0) is 18.0. The Balaban J connectivity index is 2.24. The number of hydrogen-bond donors (Lipinski definition) is 0. The maximum Gasteiger partial charge on any atom is 0.434 e. The van der Waals surface area contributed by atoms with Crippen molar-refractivity contribution in [1.29, 1.82) is 0 Å². The second-order valence-corrected chi connectivity index (χ2v) is 14.0. The monoisotopic (exact) mass is 347 g/mol. The van der Waals surface area contributed by atoms with Gasteiger partial charge in [-0.05, 0) is 38.5 Å². The first-order valence-corrected chi connectivity index (χ1v) is 12.2. The van der Waals surface area contributed by atoms with E-state index in [2.05, 4.69) is 25.7 Å². The molecule has 0 fully saturated rings. The molecule has 0 saturated heterocycles. The third-order valence-electron chi connectivity index (χ3n) is 3.46. The van der Waals surface area contributed by atoms with Gasteiger partial charge in [0.15, 0.2) is 0 Å². The van der Waals surface area contributed by atoms with E-state index >= 15 is 0 Å². The first kappa shape index (κ1) is 18.7. The summed E-state index contributed by atoms with van der Waals surface area (Å²) in [5, 5.41) is 1.37. The minimum absolute atomic E-state index is 0.251. The van der Waals surface area contributed by atoms with E-state index < -0.39 is 19.8 Å². The number of hydrogen-bond acceptors (Lipinski definition) is 3. The molecule has 1 aromatic carbocycles. The van der Waals surface area contributed by atoms with Gasteiger partial charge >= 0.3 is 6.09 Å². The summed E-state index contributed by atoms with van der Waals surface area (Å²) in [7, 11) is -1.29. The summed E-state index contributed by atoms with van der Waals surface area (Å²) in [5.41, 5.74) is 1.75. The van der Waals surface area contributed by atoms with Crippen molar-refractivity contribution in [2.45, 2.75) is 58.2 Å². The maximum absolute atomic E-state index is 12.5. The molecular formula is C19H29NO3Si. The van der Waals surface area contributed by atoms with Gasteiger partial charge in [0.25, 0.3) is 0 Å². The lowest BCUT2D eigenvalue weighted by atomic mass is 10.1. The highest BCUT2D eigenvalue weighted by molar-refractivity contribution is 6.76. The van der Waals surface area contributed by atoms with Gasteiger partial charge in [0.1, 0.15) is 11.7 Å². The van der Waals surface area contributed by atoms with Crippen LogP contribution in [-0.4, -0.2) is 31.4 Å². The lowest BCUT2D eigenvalue weighted by Crippen LogP contribution is -2.41. The fourth-order valence-corrected chi connectivity index (χ4v) is 4.26. The topological polar surface area (TPSA) is 38.8 Å². The van der Waals surface area contributed by atoms with Crippen LogP contribution in [-0.2, 0) is 9.57 Å². The van der Waals surface area contributed by atoms with Gasteiger partial charge in [-0.2, -0.15) is 5.06 Å². The molecule has 1 atom stereocenters. The van der Waals surface area contributed by atoms with E-state index in [1.807, 2.05) is 51.1 Å². The van der Waals surface area contributed by atoms with Crippen LogP contribution in [0.5, 0.6) is 0 Å². The molecule has 1 aromatic rings. The van der Waals surface area contributed by atoms with Gasteiger partial charge in [0, 0.05) is 8.07 Å². The van der Waals surface area contributed by atoms with Crippen LogP contribution in [0.4, 0.5) is 4.79 Å². The molecule has 0 bridgehead atoms. The normalized spacial score (nSPS) is 19.0. The summed E-state index contributed by atoms with van der Waals surface area (Å²) >= 11 is 0. The highest BCUT2D eigenvalue weighted by Crippen LogP contribution is 2.31. The van der Waals surface area contributed by atoms with Crippen LogP contribution in [0.2, 0.25) is 25.7 Å². The van der Waals surface area contributed by atoms with E-state index in [-0.39, 0.29) is 6.10 Å². The number of nitrogens with zero attached hydrogens (tertiary/aromatic N) is 1. The summed E-state index contributed by atoms with van der Waals surface area (Å²) in [6.07, 6.45) is 1.48. The molecule has 0 aliphatic carbocycles. The van der Waals surface area contributed by atoms with Crippen molar-refractivity contribution in [3.8, 4) is 0 Å². The predicted molar refractivity (Wildman–Crippen MR) is 99.4 cm³/mol. The summed E-state index contributed by atoms with van der Waals surface area (Å²) in [5.74, 6) is 0. The Morgan fingerprint density at radius 1 is 1.25 bits per heavy atom. The first-order chi connectivity index (χ1) is 11.0. The molecule has 1 heterocycles. The van der Waals surface area contributed by atoms with E-state index in [0.29, 0.717) is 6.54 Å². The lowest BCUT2D eigenvalue weighted by molar-refractivity contribution is -0.173. The van der Waals surface area contributed by atoms with Crippen molar-refractivity contribution >= 4 is 14.2 Å². The average molecular weight is 348 g/mol. The van der Waals surface area contributed by atoms with Crippen molar-refractivity contribution in [2.24, 2.45) is 0 Å². The Labute approximate surface area is 146 Å². The van der Waals surface area contributed by atoms with Gasteiger partial charge in [-0.3, -0.25) is 4.84 Å². The minimum Gasteiger partial charge on any atom is -0.442 e. The van der Waals surface area contributed by atoms with E-state index in [4.69, 9.17) is 9.57 Å². The quantitative estimate of drug-likeness (QED) is 0.559. The van der Waals surface area contributed by atoms with Crippen LogP contribution in [0.15, 0.2) is 42.0 Å². The van der Waals surface area contributed by atoms with Crippen molar-refractivity contribution in [2.75, 3.05) is 6.54 Å². The Morgan fingerprint density at radius 3 is 2.42 bits per heavy atom. The Morgan fingerprint density at radius 2 is 1.88 bits per heavy atom. The number of rotatable bonds is 3. The SMILES string of the molecule is CC(C)(C)OC(=O)N1CC(C[Si](C)(C)C)=CC(c2ccccc2)O1. The summed E-state index contributed by atoms with van der Waals surface area (Å²) < 4.78 is 5.49. The largest absolute Gasteiger partial charge is 0.442 e. The molecular weight excluding hydrogens is 318 g/mol. The molecule has 0 radical (unpaired) electrons. The number of carbonyl (C=O) groups excluding carboxylic acids is 1. The highest BCUT2D eigenvalue weighted by Gasteiger charge is 2.31. The third kappa shape index (κ3) is 5.80. The number of carbonyl (C=O) groups is 1. The standard InChI is InChI=1S/C19H29NO3Si/c1-19(2,3)22-18(21)20-13-15(14-24(4,5)6)12-17(23-20)16-10-8-7-9-11-16/h7-12,17H,13-14H2,1-6H3. The Bertz CT molecular complexity index is 599. The smallest absolute Gasteiger partial charge is 0.434 e. The van der Waals surface area contributed by atoms with Gasteiger partial charge < -0.3 is 4.74 Å². The van der Waals surface area contributed by atoms with Crippen LogP contribution in [0.1, 0.15) is 32.4 Å². The van der Waals surface area contributed by atoms with Crippen molar-refractivity contribution in [1.82, 2.24) is 5.06 Å². The van der Waals surface area contributed by atoms with Crippen LogP contribution >= 0.6 is 0 Å². The van der Waals surface area contributed by atoms with E-state index in [9.17, 15) is 4.79 Å². The number of ether oxygens (including phenoxy) is 1. The lowest BCUT2D eigenvalue weighted by Gasteiger charge is -2.34. The van der Waals surface area contributed by atoms with E-state index in [1.54, 1.807) is 0 Å². The highest BCUT2D eigenvalue weighted by atomic mass is 28.3. The predicted octanol–water partition coefficient (Wildman–Crippen LogP) is 5.17. The summed E-state index contributed by atoms with van der Waals surface area (Å²) in [6, 6.07) is 11.0. The molecule has 24 heavy (non-hydrogen) atoms. The minimum atomic E-state index is -1.29. The average Bonchev–Trinajstić information content (AvgIpc) is 2.44. The summed E-state index contributed by atoms with van der Waals surface area (Å²) in [4.78, 5) is 18.4. The fourth-order valence-electron chi connectivity index (χ4n) is 2.67. The Hall–Kier alpha value is -1.59. The number of benzene rings is 1. The molecule has 132 valence electrons. The molecule has 0 spiro atoms. The number of amides is 1. The second kappa shape index (κ2) is 7.11. The van der Waals surface area contributed by atoms with Gasteiger partial charge in [-0.25, -0.2) is 4.79 Å². The summed E-state index contributed by atoms with van der Waals surface area (Å²) in [6.45, 7) is 13.1. The fraction of sp³-hybridized carbons (Fsp3) is 0.526. The molecule has 1 amide bonds. The maximum atomic E-state index is 12.5. The molecule has 0 saturated carbocycles. The zero-order valence-electron chi connectivity index (χ0n) is 15.6. The van der Waals surface area contributed by atoms with E-state index in [1.165, 1.54) is 10.6 Å². The van der Waals surface area contributed by atoms with E-state index in [0.717, 1.165) is 11.6 Å². The molecule has 4 nitrogen and oxygen atoms in total. The molecule has 5 heteroatoms. The van der Waals surface area contributed by atoms with Gasteiger partial charge in [-0.15, -0.1) is 0 Å². The zero-order valence-corrected chi connectivity index (χ0v) is 16.6. The van der Waals surface area contributed by atoms with Crippen LogP contribution < -0.4 is 0 Å². The molecule has 1 aliphatic rings. The van der Waals surface area contributed by atoms with Gasteiger partial charge in [0.05, 0.1) is 6.54 Å².